The first-order valence-corrected chi connectivity index (χ1v) is 10.0. The van der Waals surface area contributed by atoms with Gasteiger partial charge in [-0.1, -0.05) is 18.2 Å². The summed E-state index contributed by atoms with van der Waals surface area (Å²) in [6.07, 6.45) is 2.56. The Labute approximate surface area is 154 Å². The Balaban J connectivity index is 2.17. The summed E-state index contributed by atoms with van der Waals surface area (Å²) < 4.78 is 31.2. The van der Waals surface area contributed by atoms with Crippen LogP contribution in [0, 0.1) is 0 Å². The molecule has 1 aromatic heterocycles. The van der Waals surface area contributed by atoms with Gasteiger partial charge in [-0.3, -0.25) is 14.1 Å². The number of carbonyl (C=O) groups excluding carboxylic acids is 1. The Kier molecular flexibility index (Phi) is 6.57. The zero-order valence-corrected chi connectivity index (χ0v) is 15.9. The number of nitrogens with zero attached hydrogens (tertiary/aromatic N) is 2. The molecule has 0 spiro atoms. The van der Waals surface area contributed by atoms with Crippen LogP contribution < -0.4 is 14.4 Å². The number of pyridine rings is 1. The second-order valence-corrected chi connectivity index (χ2v) is 7.91. The van der Waals surface area contributed by atoms with E-state index in [1.807, 2.05) is 19.9 Å². The minimum Gasteiger partial charge on any atom is -0.489 e. The average molecular weight is 377 g/mol. The van der Waals surface area contributed by atoms with Gasteiger partial charge in [-0.25, -0.2) is 8.42 Å². The van der Waals surface area contributed by atoms with E-state index in [9.17, 15) is 13.2 Å². The molecule has 2 aromatic rings. The molecule has 0 aliphatic carbocycles. The van der Waals surface area contributed by atoms with E-state index in [4.69, 9.17) is 4.74 Å². The van der Waals surface area contributed by atoms with Crippen molar-refractivity contribution in [3.05, 3.63) is 54.4 Å². The van der Waals surface area contributed by atoms with Crippen LogP contribution in [0.4, 0.5) is 5.69 Å². The number of hydrogen-bond acceptors (Lipinski definition) is 5. The summed E-state index contributed by atoms with van der Waals surface area (Å²) in [6.45, 7) is 3.58. The standard InChI is InChI=1S/C18H23N3O4S/c1-14(2)25-17-10-5-4-9-16(17)21(26(3,23)24)13-18(22)20-12-15-8-6-7-11-19-15/h4-11,14H,12-13H2,1-3H3,(H,20,22). The summed E-state index contributed by atoms with van der Waals surface area (Å²) in [5.74, 6) is -0.0223. The van der Waals surface area contributed by atoms with E-state index < -0.39 is 15.9 Å². The largest absolute Gasteiger partial charge is 0.489 e. The second kappa shape index (κ2) is 8.66. The lowest BCUT2D eigenvalue weighted by Gasteiger charge is -2.25. The number of ether oxygens (including phenoxy) is 1. The van der Waals surface area contributed by atoms with Crippen molar-refractivity contribution in [3.8, 4) is 5.75 Å². The monoisotopic (exact) mass is 377 g/mol. The first-order chi connectivity index (χ1) is 12.3. The fraction of sp³-hybridized carbons (Fsp3) is 0.333. The Morgan fingerprint density at radius 2 is 1.88 bits per heavy atom. The number of nitrogens with one attached hydrogen (secondary N) is 1. The van der Waals surface area contributed by atoms with E-state index in [-0.39, 0.29) is 19.2 Å². The van der Waals surface area contributed by atoms with E-state index >= 15 is 0 Å². The van der Waals surface area contributed by atoms with E-state index in [1.54, 1.807) is 42.6 Å². The summed E-state index contributed by atoms with van der Waals surface area (Å²) in [5, 5.41) is 2.68. The molecule has 0 aliphatic rings. The number of carbonyl (C=O) groups is 1. The Bertz CT molecular complexity index is 839. The lowest BCUT2D eigenvalue weighted by molar-refractivity contribution is -0.119. The van der Waals surface area contributed by atoms with Crippen LogP contribution in [0.5, 0.6) is 5.75 Å². The summed E-state index contributed by atoms with van der Waals surface area (Å²) in [6, 6.07) is 12.1. The number of anilines is 1. The highest BCUT2D eigenvalue weighted by atomic mass is 32.2. The summed E-state index contributed by atoms with van der Waals surface area (Å²) in [7, 11) is -3.68. The molecule has 2 rings (SSSR count). The predicted octanol–water partition coefficient (Wildman–Crippen LogP) is 1.95. The molecule has 1 aromatic carbocycles. The third-order valence-electron chi connectivity index (χ3n) is 3.38. The molecule has 0 saturated heterocycles. The van der Waals surface area contributed by atoms with E-state index in [0.29, 0.717) is 17.1 Å². The van der Waals surface area contributed by atoms with Gasteiger partial charge in [0.2, 0.25) is 15.9 Å². The van der Waals surface area contributed by atoms with Gasteiger partial charge in [-0.15, -0.1) is 0 Å². The molecule has 140 valence electrons. The first-order valence-electron chi connectivity index (χ1n) is 8.17. The van der Waals surface area contributed by atoms with Gasteiger partial charge in [0, 0.05) is 6.20 Å². The lowest BCUT2D eigenvalue weighted by Crippen LogP contribution is -2.40. The molecule has 0 saturated carbocycles. The highest BCUT2D eigenvalue weighted by molar-refractivity contribution is 7.92. The molecule has 0 fully saturated rings. The Hall–Kier alpha value is -2.61. The zero-order chi connectivity index (χ0) is 19.2. The minimum atomic E-state index is -3.68. The molecule has 1 heterocycles. The van der Waals surface area contributed by atoms with Crippen LogP contribution in [-0.4, -0.2) is 38.2 Å². The van der Waals surface area contributed by atoms with E-state index in [0.717, 1.165) is 10.6 Å². The van der Waals surface area contributed by atoms with Gasteiger partial charge in [0.05, 0.1) is 30.3 Å². The number of benzene rings is 1. The van der Waals surface area contributed by atoms with Gasteiger partial charge in [-0.2, -0.15) is 0 Å². The van der Waals surface area contributed by atoms with Gasteiger partial charge >= 0.3 is 0 Å². The number of rotatable bonds is 8. The van der Waals surface area contributed by atoms with Gasteiger partial charge in [0.1, 0.15) is 12.3 Å². The zero-order valence-electron chi connectivity index (χ0n) is 15.0. The third-order valence-corrected chi connectivity index (χ3v) is 4.50. The molecule has 7 nitrogen and oxygen atoms in total. The van der Waals surface area contributed by atoms with Crippen molar-refractivity contribution in [1.82, 2.24) is 10.3 Å². The van der Waals surface area contributed by atoms with Crippen molar-refractivity contribution in [1.29, 1.82) is 0 Å². The first kappa shape index (κ1) is 19.7. The van der Waals surface area contributed by atoms with Crippen molar-refractivity contribution in [2.45, 2.75) is 26.5 Å². The van der Waals surface area contributed by atoms with Gasteiger partial charge in [0.15, 0.2) is 0 Å². The minimum absolute atomic E-state index is 0.129. The average Bonchev–Trinajstić information content (AvgIpc) is 2.58. The SMILES string of the molecule is CC(C)Oc1ccccc1N(CC(=O)NCc1ccccn1)S(C)(=O)=O. The molecule has 0 radical (unpaired) electrons. The van der Waals surface area contributed by atoms with Gasteiger partial charge < -0.3 is 10.1 Å². The van der Waals surface area contributed by atoms with Gasteiger partial charge in [-0.05, 0) is 38.1 Å². The molecule has 8 heteroatoms. The maximum absolute atomic E-state index is 12.3. The van der Waals surface area contributed by atoms with Crippen molar-refractivity contribution >= 4 is 21.6 Å². The maximum atomic E-state index is 12.3. The lowest BCUT2D eigenvalue weighted by atomic mass is 10.3. The second-order valence-electron chi connectivity index (χ2n) is 6.00. The normalized spacial score (nSPS) is 11.2. The molecular weight excluding hydrogens is 354 g/mol. The van der Waals surface area contributed by atoms with Crippen LogP contribution >= 0.6 is 0 Å². The molecule has 0 atom stereocenters. The van der Waals surface area contributed by atoms with Crippen molar-refractivity contribution in [3.63, 3.8) is 0 Å². The molecule has 1 amide bonds. The van der Waals surface area contributed by atoms with E-state index in [1.165, 1.54) is 0 Å². The van der Waals surface area contributed by atoms with Gasteiger partial charge in [0.25, 0.3) is 0 Å². The number of sulfonamides is 1. The molecular formula is C18H23N3O4S. The number of para-hydroxylation sites is 2. The molecule has 0 bridgehead atoms. The van der Waals surface area contributed by atoms with Crippen LogP contribution in [0.1, 0.15) is 19.5 Å². The third kappa shape index (κ3) is 5.73. The molecule has 26 heavy (non-hydrogen) atoms. The summed E-state index contributed by atoms with van der Waals surface area (Å²) in [4.78, 5) is 16.4. The Morgan fingerprint density at radius 1 is 1.19 bits per heavy atom. The van der Waals surface area contributed by atoms with E-state index in [2.05, 4.69) is 10.3 Å². The summed E-state index contributed by atoms with van der Waals surface area (Å²) in [5.41, 5.74) is 1.02. The smallest absolute Gasteiger partial charge is 0.241 e. The number of amides is 1. The highest BCUT2D eigenvalue weighted by Gasteiger charge is 2.24. The quantitative estimate of drug-likeness (QED) is 0.760. The van der Waals surface area contributed by atoms with Crippen LogP contribution in [0.2, 0.25) is 0 Å². The predicted molar refractivity (Wildman–Crippen MR) is 100 cm³/mol. The fourth-order valence-electron chi connectivity index (χ4n) is 2.28. The van der Waals surface area contributed by atoms with Crippen LogP contribution in [0.3, 0.4) is 0 Å². The maximum Gasteiger partial charge on any atom is 0.241 e. The number of hydrogen-bond donors (Lipinski definition) is 1. The highest BCUT2D eigenvalue weighted by Crippen LogP contribution is 2.30. The van der Waals surface area contributed by atoms with Crippen LogP contribution in [0.15, 0.2) is 48.7 Å². The van der Waals surface area contributed by atoms with Crippen LogP contribution in [-0.2, 0) is 21.4 Å². The van der Waals surface area contributed by atoms with Crippen molar-refractivity contribution < 1.29 is 17.9 Å². The van der Waals surface area contributed by atoms with Crippen molar-refractivity contribution in [2.24, 2.45) is 0 Å². The summed E-state index contributed by atoms with van der Waals surface area (Å²) >= 11 is 0. The van der Waals surface area contributed by atoms with Crippen molar-refractivity contribution in [2.75, 3.05) is 17.1 Å². The molecule has 1 N–H and O–H groups in total. The van der Waals surface area contributed by atoms with Crippen LogP contribution in [0.25, 0.3) is 0 Å². The molecule has 0 aliphatic heterocycles. The topological polar surface area (TPSA) is 88.6 Å². The number of aromatic nitrogens is 1. The fourth-order valence-corrected chi connectivity index (χ4v) is 3.14. The molecule has 0 unspecified atom stereocenters. The Morgan fingerprint density at radius 3 is 2.50 bits per heavy atom.